The molecule has 4 aromatic rings. The van der Waals surface area contributed by atoms with E-state index in [9.17, 15) is 4.79 Å². The molecule has 9 nitrogen and oxygen atoms in total. The van der Waals surface area contributed by atoms with Gasteiger partial charge in [-0.05, 0) is 68.2 Å². The van der Waals surface area contributed by atoms with Crippen molar-refractivity contribution < 1.29 is 14.3 Å². The molecule has 1 amide bonds. The Kier molecular flexibility index (Phi) is 9.40. The van der Waals surface area contributed by atoms with Crippen LogP contribution in [0.5, 0.6) is 11.5 Å². The molecule has 5 rings (SSSR count). The molecule has 1 aliphatic carbocycles. The summed E-state index contributed by atoms with van der Waals surface area (Å²) in [5.41, 5.74) is 6.08. The lowest BCUT2D eigenvalue weighted by Gasteiger charge is -2.15. The fraction of sp³-hybridized carbons (Fsp3) is 0.267. The number of anilines is 2. The Bertz CT molecular complexity index is 1550. The maximum Gasteiger partial charge on any atom is 0.229 e. The number of methoxy groups -OCH3 is 1. The van der Waals surface area contributed by atoms with Gasteiger partial charge in [0.15, 0.2) is 11.5 Å². The van der Waals surface area contributed by atoms with Gasteiger partial charge in [0.2, 0.25) is 11.9 Å². The number of aromatic nitrogens is 3. The molecule has 11 heteroatoms. The first-order valence-electron chi connectivity index (χ1n) is 13.2. The molecule has 3 heterocycles. The highest BCUT2D eigenvalue weighted by Gasteiger charge is 2.18. The molecule has 3 aromatic heterocycles. The molecule has 1 aromatic carbocycles. The quantitative estimate of drug-likeness (QED) is 0.215. The van der Waals surface area contributed by atoms with Crippen LogP contribution in [0.25, 0.3) is 16.1 Å². The van der Waals surface area contributed by atoms with Gasteiger partial charge in [0.25, 0.3) is 0 Å². The number of carbonyl (C=O) groups excluding carboxylic acids is 1. The Balaban J connectivity index is 1.31. The van der Waals surface area contributed by atoms with Crippen LogP contribution in [0.2, 0.25) is 0 Å². The average molecular weight is 589 g/mol. The van der Waals surface area contributed by atoms with E-state index < -0.39 is 0 Å². The number of hydrogen-bond acceptors (Lipinski definition) is 10. The Morgan fingerprint density at radius 1 is 1.12 bits per heavy atom. The normalized spacial score (nSPS) is 13.0. The van der Waals surface area contributed by atoms with Crippen molar-refractivity contribution in [1.82, 2.24) is 25.2 Å². The number of ether oxygens (including phenoxy) is 2. The van der Waals surface area contributed by atoms with Crippen LogP contribution in [0.3, 0.4) is 0 Å². The summed E-state index contributed by atoms with van der Waals surface area (Å²) in [6.45, 7) is 1.33. The van der Waals surface area contributed by atoms with Crippen LogP contribution in [-0.2, 0) is 11.2 Å². The van der Waals surface area contributed by atoms with Gasteiger partial charge >= 0.3 is 0 Å². The van der Waals surface area contributed by atoms with Crippen LogP contribution in [0.15, 0.2) is 71.3 Å². The lowest BCUT2D eigenvalue weighted by atomic mass is 10.00. The van der Waals surface area contributed by atoms with E-state index in [1.807, 2.05) is 67.5 Å². The van der Waals surface area contributed by atoms with Crippen LogP contribution in [0, 0.1) is 0 Å². The summed E-state index contributed by atoms with van der Waals surface area (Å²) in [7, 11) is 5.63. The predicted octanol–water partition coefficient (Wildman–Crippen LogP) is 5.77. The Morgan fingerprint density at radius 3 is 2.83 bits per heavy atom. The van der Waals surface area contributed by atoms with Crippen molar-refractivity contribution in [1.29, 1.82) is 0 Å². The molecule has 0 bridgehead atoms. The third kappa shape index (κ3) is 7.57. The summed E-state index contributed by atoms with van der Waals surface area (Å²) in [5.74, 6) is 1.76. The van der Waals surface area contributed by atoms with Gasteiger partial charge in [0.1, 0.15) is 6.61 Å². The summed E-state index contributed by atoms with van der Waals surface area (Å²) < 4.78 is 11.4. The molecule has 212 valence electrons. The summed E-state index contributed by atoms with van der Waals surface area (Å²) in [5, 5.41) is 8.35. The molecule has 0 saturated heterocycles. The van der Waals surface area contributed by atoms with Crippen molar-refractivity contribution in [3.8, 4) is 22.1 Å². The monoisotopic (exact) mass is 588 g/mol. The molecule has 0 saturated carbocycles. The van der Waals surface area contributed by atoms with Gasteiger partial charge in [-0.25, -0.2) is 15.0 Å². The molecule has 0 aliphatic heterocycles. The standard InChI is InChI=1S/C30H32N6O3S2/c1-36(2)13-14-39-26-17-22(9-10-25(26)38-3)34-30-31-12-11-24(35-30)29-28(32-19-41-29)20-6-4-7-21(16-20)33-27(37)18-23-8-5-15-40-23/h5-6,8-12,15-17,19H,4,7,13-14,18H2,1-3H3,(H,33,37)(H,31,34,35). The molecule has 0 spiro atoms. The van der Waals surface area contributed by atoms with E-state index in [-0.39, 0.29) is 5.91 Å². The van der Waals surface area contributed by atoms with E-state index in [0.29, 0.717) is 30.5 Å². The second-order valence-corrected chi connectivity index (χ2v) is 11.5. The zero-order chi connectivity index (χ0) is 28.6. The van der Waals surface area contributed by atoms with Crippen molar-refractivity contribution in [2.75, 3.05) is 39.7 Å². The van der Waals surface area contributed by atoms with Crippen molar-refractivity contribution in [2.45, 2.75) is 19.3 Å². The second kappa shape index (κ2) is 13.5. The number of hydrogen-bond donors (Lipinski definition) is 2. The highest BCUT2D eigenvalue weighted by Crippen LogP contribution is 2.35. The summed E-state index contributed by atoms with van der Waals surface area (Å²) >= 11 is 3.11. The van der Waals surface area contributed by atoms with E-state index >= 15 is 0 Å². The Labute approximate surface area is 247 Å². The van der Waals surface area contributed by atoms with Crippen LogP contribution in [0.4, 0.5) is 11.6 Å². The number of likely N-dealkylation sites (N-methyl/N-ethyl adjacent to an activating group) is 1. The lowest BCUT2D eigenvalue weighted by molar-refractivity contribution is -0.119. The second-order valence-electron chi connectivity index (χ2n) is 9.61. The third-order valence-electron chi connectivity index (χ3n) is 6.27. The number of nitrogens with zero attached hydrogens (tertiary/aromatic N) is 4. The van der Waals surface area contributed by atoms with E-state index in [1.54, 1.807) is 24.6 Å². The summed E-state index contributed by atoms with van der Waals surface area (Å²) in [6.07, 6.45) is 7.89. The molecule has 2 N–H and O–H groups in total. The number of benzene rings is 1. The molecule has 0 fully saturated rings. The predicted molar refractivity (Wildman–Crippen MR) is 165 cm³/mol. The summed E-state index contributed by atoms with van der Waals surface area (Å²) in [6, 6.07) is 11.5. The Hall–Kier alpha value is -4.06. The Morgan fingerprint density at radius 2 is 2.02 bits per heavy atom. The van der Waals surface area contributed by atoms with Gasteiger partial charge in [0, 0.05) is 35.1 Å². The van der Waals surface area contributed by atoms with Gasteiger partial charge in [-0.1, -0.05) is 12.1 Å². The topological polar surface area (TPSA) is 102 Å². The fourth-order valence-electron chi connectivity index (χ4n) is 4.27. The maximum atomic E-state index is 12.6. The number of thiazole rings is 1. The van der Waals surface area contributed by atoms with Crippen molar-refractivity contribution >= 4 is 45.8 Å². The van der Waals surface area contributed by atoms with Crippen LogP contribution in [-0.4, -0.2) is 60.1 Å². The van der Waals surface area contributed by atoms with Crippen LogP contribution in [0.1, 0.15) is 23.4 Å². The zero-order valence-electron chi connectivity index (χ0n) is 23.2. The smallest absolute Gasteiger partial charge is 0.229 e. The average Bonchev–Trinajstić information content (AvgIpc) is 3.66. The minimum atomic E-state index is -0.00485. The molecular weight excluding hydrogens is 557 g/mol. The van der Waals surface area contributed by atoms with E-state index in [0.717, 1.165) is 57.5 Å². The van der Waals surface area contributed by atoms with Crippen molar-refractivity contribution in [3.05, 3.63) is 81.9 Å². The lowest BCUT2D eigenvalue weighted by Crippen LogP contribution is -2.25. The number of nitrogens with one attached hydrogen (secondary N) is 2. The van der Waals surface area contributed by atoms with Crippen molar-refractivity contribution in [2.24, 2.45) is 0 Å². The molecule has 0 atom stereocenters. The SMILES string of the molecule is COc1ccc(Nc2nccc(-c3scnc3C3=CCCC(NC(=O)Cc4cccs4)=C3)n2)cc1OCCN(C)C. The minimum Gasteiger partial charge on any atom is -0.493 e. The van der Waals surface area contributed by atoms with E-state index in [1.165, 1.54) is 11.3 Å². The highest BCUT2D eigenvalue weighted by molar-refractivity contribution is 7.13. The van der Waals surface area contributed by atoms with Gasteiger partial charge in [0.05, 0.1) is 35.3 Å². The third-order valence-corrected chi connectivity index (χ3v) is 7.99. The molecule has 0 radical (unpaired) electrons. The van der Waals surface area contributed by atoms with Gasteiger partial charge in [-0.2, -0.15) is 0 Å². The van der Waals surface area contributed by atoms with Crippen LogP contribution < -0.4 is 20.1 Å². The van der Waals surface area contributed by atoms with Gasteiger partial charge in [-0.3, -0.25) is 4.79 Å². The molecule has 41 heavy (non-hydrogen) atoms. The first-order valence-corrected chi connectivity index (χ1v) is 15.0. The van der Waals surface area contributed by atoms with Crippen LogP contribution >= 0.6 is 22.7 Å². The van der Waals surface area contributed by atoms with Crippen molar-refractivity contribution in [3.63, 3.8) is 0 Å². The number of thiophene rings is 1. The minimum absolute atomic E-state index is 0.00485. The molecule has 1 aliphatic rings. The molecule has 0 unspecified atom stereocenters. The highest BCUT2D eigenvalue weighted by atomic mass is 32.1. The molecular formula is C30H32N6O3S2. The van der Waals surface area contributed by atoms with E-state index in [4.69, 9.17) is 14.5 Å². The largest absolute Gasteiger partial charge is 0.493 e. The zero-order valence-corrected chi connectivity index (χ0v) is 24.8. The number of amides is 1. The number of allylic oxidation sites excluding steroid dienone is 4. The fourth-order valence-corrected chi connectivity index (χ4v) is 5.76. The first kappa shape index (κ1) is 28.5. The maximum absolute atomic E-state index is 12.6. The summed E-state index contributed by atoms with van der Waals surface area (Å²) in [4.78, 5) is 30.5. The van der Waals surface area contributed by atoms with Gasteiger partial charge < -0.3 is 25.0 Å². The van der Waals surface area contributed by atoms with E-state index in [2.05, 4.69) is 31.6 Å². The van der Waals surface area contributed by atoms with Gasteiger partial charge in [-0.15, -0.1) is 22.7 Å². The first-order chi connectivity index (χ1) is 20.0. The number of rotatable bonds is 12. The number of carbonyl (C=O) groups is 1.